The van der Waals surface area contributed by atoms with Gasteiger partial charge in [0.25, 0.3) is 0 Å². The largest absolute Gasteiger partial charge is 0.303 e. The molecule has 3 rings (SSSR count). The fraction of sp³-hybridized carbons (Fsp3) is 0.600. The molecule has 1 atom stereocenters. The highest BCUT2D eigenvalue weighted by Crippen LogP contribution is 2.19. The number of aryl methyl sites for hydroxylation is 1. The molecule has 0 radical (unpaired) electrons. The highest BCUT2D eigenvalue weighted by Gasteiger charge is 2.20. The molecule has 4 nitrogen and oxygen atoms in total. The number of aromatic nitrogens is 3. The fourth-order valence-electron chi connectivity index (χ4n) is 2.98. The second-order valence-electron chi connectivity index (χ2n) is 5.64. The summed E-state index contributed by atoms with van der Waals surface area (Å²) >= 11 is 0. The molecule has 4 heteroatoms. The van der Waals surface area contributed by atoms with Crippen molar-refractivity contribution < 1.29 is 0 Å². The predicted molar refractivity (Wildman–Crippen MR) is 76.3 cm³/mol. The maximum absolute atomic E-state index is 4.65. The molecule has 0 saturated carbocycles. The Hall–Kier alpha value is -1.42. The van der Waals surface area contributed by atoms with Gasteiger partial charge in [-0.1, -0.05) is 6.92 Å². The van der Waals surface area contributed by atoms with Gasteiger partial charge in [-0.2, -0.15) is 5.10 Å². The molecule has 1 saturated heterocycles. The van der Waals surface area contributed by atoms with Crippen LogP contribution in [-0.4, -0.2) is 39.1 Å². The Kier molecular flexibility index (Phi) is 3.51. The van der Waals surface area contributed by atoms with Crippen molar-refractivity contribution in [2.45, 2.75) is 33.1 Å². The van der Waals surface area contributed by atoms with E-state index in [-0.39, 0.29) is 0 Å². The van der Waals surface area contributed by atoms with E-state index in [1.54, 1.807) is 0 Å². The Morgan fingerprint density at radius 3 is 3.16 bits per heavy atom. The Labute approximate surface area is 114 Å². The van der Waals surface area contributed by atoms with E-state index in [1.807, 2.05) is 10.7 Å². The third-order valence-corrected chi connectivity index (χ3v) is 4.06. The van der Waals surface area contributed by atoms with Gasteiger partial charge in [0, 0.05) is 19.2 Å². The van der Waals surface area contributed by atoms with Gasteiger partial charge in [-0.25, -0.2) is 9.50 Å². The molecular weight excluding hydrogens is 236 g/mol. The Bertz CT molecular complexity index is 560. The van der Waals surface area contributed by atoms with Gasteiger partial charge in [-0.15, -0.1) is 0 Å². The fourth-order valence-corrected chi connectivity index (χ4v) is 2.98. The molecule has 2 aromatic rings. The van der Waals surface area contributed by atoms with Crippen LogP contribution in [0.25, 0.3) is 5.65 Å². The summed E-state index contributed by atoms with van der Waals surface area (Å²) in [6.07, 6.45) is 5.63. The second-order valence-corrected chi connectivity index (χ2v) is 5.64. The van der Waals surface area contributed by atoms with E-state index in [1.165, 1.54) is 31.5 Å². The monoisotopic (exact) mass is 258 g/mol. The van der Waals surface area contributed by atoms with Crippen LogP contribution in [0.15, 0.2) is 18.3 Å². The molecule has 0 bridgehead atoms. The normalized spacial score (nSPS) is 21.1. The molecule has 1 fully saturated rings. The summed E-state index contributed by atoms with van der Waals surface area (Å²) in [5.41, 5.74) is 2.21. The average Bonchev–Trinajstić information content (AvgIpc) is 2.80. The van der Waals surface area contributed by atoms with Gasteiger partial charge < -0.3 is 4.90 Å². The highest BCUT2D eigenvalue weighted by atomic mass is 15.3. The van der Waals surface area contributed by atoms with Crippen molar-refractivity contribution in [1.29, 1.82) is 0 Å². The molecule has 102 valence electrons. The van der Waals surface area contributed by atoms with Crippen LogP contribution in [0.4, 0.5) is 0 Å². The van der Waals surface area contributed by atoms with Crippen LogP contribution in [0, 0.1) is 12.8 Å². The van der Waals surface area contributed by atoms with Crippen molar-refractivity contribution >= 4 is 5.65 Å². The van der Waals surface area contributed by atoms with Gasteiger partial charge in [-0.05, 0) is 56.5 Å². The molecule has 1 aliphatic heterocycles. The topological polar surface area (TPSA) is 33.4 Å². The van der Waals surface area contributed by atoms with Crippen molar-refractivity contribution in [3.8, 4) is 0 Å². The number of hydrogen-bond donors (Lipinski definition) is 0. The first kappa shape index (κ1) is 12.6. The minimum absolute atomic E-state index is 0.715. The minimum Gasteiger partial charge on any atom is -0.303 e. The molecule has 3 heterocycles. The van der Waals surface area contributed by atoms with Gasteiger partial charge >= 0.3 is 0 Å². The van der Waals surface area contributed by atoms with Crippen molar-refractivity contribution in [1.82, 2.24) is 19.5 Å². The molecule has 1 unspecified atom stereocenters. The summed E-state index contributed by atoms with van der Waals surface area (Å²) in [5.74, 6) is 1.71. The van der Waals surface area contributed by atoms with Gasteiger partial charge in [-0.3, -0.25) is 0 Å². The average molecular weight is 258 g/mol. The summed E-state index contributed by atoms with van der Waals surface area (Å²) in [6, 6.07) is 4.17. The zero-order valence-corrected chi connectivity index (χ0v) is 11.8. The lowest BCUT2D eigenvalue weighted by Crippen LogP contribution is -2.36. The maximum Gasteiger partial charge on any atom is 0.155 e. The number of likely N-dealkylation sites (tertiary alicyclic amines) is 1. The van der Waals surface area contributed by atoms with E-state index in [0.29, 0.717) is 5.92 Å². The van der Waals surface area contributed by atoms with Crippen molar-refractivity contribution in [3.63, 3.8) is 0 Å². The Morgan fingerprint density at radius 1 is 1.42 bits per heavy atom. The Balaban J connectivity index is 1.74. The van der Waals surface area contributed by atoms with E-state index < -0.39 is 0 Å². The van der Waals surface area contributed by atoms with Gasteiger partial charge in [0.15, 0.2) is 11.5 Å². The molecule has 0 spiro atoms. The predicted octanol–water partition coefficient (Wildman–Crippen LogP) is 2.31. The Morgan fingerprint density at radius 2 is 2.32 bits per heavy atom. The van der Waals surface area contributed by atoms with Crippen LogP contribution in [0.5, 0.6) is 0 Å². The summed E-state index contributed by atoms with van der Waals surface area (Å²) in [7, 11) is 0. The lowest BCUT2D eigenvalue weighted by Gasteiger charge is -2.31. The van der Waals surface area contributed by atoms with Gasteiger partial charge in [0.2, 0.25) is 0 Å². The van der Waals surface area contributed by atoms with E-state index in [4.69, 9.17) is 0 Å². The first-order valence-electron chi connectivity index (χ1n) is 7.29. The lowest BCUT2D eigenvalue weighted by atomic mass is 9.94. The van der Waals surface area contributed by atoms with Crippen LogP contribution >= 0.6 is 0 Å². The van der Waals surface area contributed by atoms with Crippen molar-refractivity contribution in [2.24, 2.45) is 5.92 Å². The summed E-state index contributed by atoms with van der Waals surface area (Å²) in [6.45, 7) is 7.95. The minimum atomic E-state index is 0.715. The zero-order chi connectivity index (χ0) is 13.2. The van der Waals surface area contributed by atoms with E-state index >= 15 is 0 Å². The van der Waals surface area contributed by atoms with E-state index in [2.05, 4.69) is 41.0 Å². The highest BCUT2D eigenvalue weighted by molar-refractivity contribution is 5.39. The van der Waals surface area contributed by atoms with Gasteiger partial charge in [0.05, 0.1) is 0 Å². The number of nitrogens with zero attached hydrogens (tertiary/aromatic N) is 4. The summed E-state index contributed by atoms with van der Waals surface area (Å²) in [4.78, 5) is 7.19. The number of rotatable bonds is 3. The van der Waals surface area contributed by atoms with Crippen molar-refractivity contribution in [2.75, 3.05) is 19.6 Å². The molecule has 19 heavy (non-hydrogen) atoms. The molecule has 0 N–H and O–H groups in total. The second kappa shape index (κ2) is 5.29. The summed E-state index contributed by atoms with van der Waals surface area (Å²) in [5, 5.41) is 4.59. The molecule has 2 aromatic heterocycles. The van der Waals surface area contributed by atoms with Gasteiger partial charge in [0.1, 0.15) is 0 Å². The number of hydrogen-bond acceptors (Lipinski definition) is 3. The molecule has 1 aliphatic rings. The smallest absolute Gasteiger partial charge is 0.155 e. The third kappa shape index (κ3) is 2.78. The SMILES string of the molecule is CCN1CCCC(Cc2nc3cc(C)ccn3n2)C1. The van der Waals surface area contributed by atoms with Crippen LogP contribution < -0.4 is 0 Å². The molecule has 0 amide bonds. The van der Waals surface area contributed by atoms with E-state index in [9.17, 15) is 0 Å². The number of piperidine rings is 1. The number of pyridine rings is 1. The van der Waals surface area contributed by atoms with Crippen LogP contribution in [0.2, 0.25) is 0 Å². The molecular formula is C15H22N4. The first-order valence-corrected chi connectivity index (χ1v) is 7.29. The lowest BCUT2D eigenvalue weighted by molar-refractivity contribution is 0.181. The van der Waals surface area contributed by atoms with Crippen LogP contribution in [0.1, 0.15) is 31.2 Å². The molecule has 0 aromatic carbocycles. The zero-order valence-electron chi connectivity index (χ0n) is 11.8. The van der Waals surface area contributed by atoms with Crippen molar-refractivity contribution in [3.05, 3.63) is 29.7 Å². The maximum atomic E-state index is 4.65. The quantitative estimate of drug-likeness (QED) is 0.847. The molecule has 0 aliphatic carbocycles. The summed E-state index contributed by atoms with van der Waals surface area (Å²) < 4.78 is 1.89. The number of fused-ring (bicyclic) bond motifs is 1. The van der Waals surface area contributed by atoms with Crippen LogP contribution in [-0.2, 0) is 6.42 Å². The standard InChI is InChI=1S/C15H22N4/c1-3-18-7-4-5-13(11-18)10-14-16-15-9-12(2)6-8-19(15)17-14/h6,8-9,13H,3-5,7,10-11H2,1-2H3. The van der Waals surface area contributed by atoms with Crippen LogP contribution in [0.3, 0.4) is 0 Å². The third-order valence-electron chi connectivity index (χ3n) is 4.06. The van der Waals surface area contributed by atoms with E-state index in [0.717, 1.165) is 24.4 Å². The first-order chi connectivity index (χ1) is 9.24.